The lowest BCUT2D eigenvalue weighted by molar-refractivity contribution is -0.141. The molecule has 1 atom stereocenters. The van der Waals surface area contributed by atoms with Gasteiger partial charge in [0, 0.05) is 37.0 Å². The summed E-state index contributed by atoms with van der Waals surface area (Å²) in [5, 5.41) is 3.75. The van der Waals surface area contributed by atoms with Gasteiger partial charge in [0.25, 0.3) is 0 Å². The second kappa shape index (κ2) is 16.0. The average molecular weight is 640 g/mol. The highest BCUT2D eigenvalue weighted by Crippen LogP contribution is 2.25. The number of hydrogen-bond acceptors (Lipinski definition) is 5. The van der Waals surface area contributed by atoms with Crippen LogP contribution in [0.15, 0.2) is 78.9 Å². The van der Waals surface area contributed by atoms with Gasteiger partial charge >= 0.3 is 0 Å². The van der Waals surface area contributed by atoms with E-state index in [0.29, 0.717) is 22.9 Å². The van der Waals surface area contributed by atoms with Gasteiger partial charge in [-0.2, -0.15) is 0 Å². The number of carbonyl (C=O) groups is 2. The van der Waals surface area contributed by atoms with Crippen molar-refractivity contribution < 1.29 is 22.7 Å². The second-order valence-electron chi connectivity index (χ2n) is 11.3. The molecule has 0 spiro atoms. The maximum Gasteiger partial charge on any atom is 0.243 e. The van der Waals surface area contributed by atoms with Crippen LogP contribution in [0.1, 0.15) is 56.1 Å². The summed E-state index contributed by atoms with van der Waals surface area (Å²) in [5.41, 5.74) is 2.17. The summed E-state index contributed by atoms with van der Waals surface area (Å²) in [6.45, 7) is 0.261. The molecule has 44 heavy (non-hydrogen) atoms. The predicted molar refractivity (Wildman–Crippen MR) is 175 cm³/mol. The van der Waals surface area contributed by atoms with E-state index < -0.39 is 16.1 Å². The molecule has 1 aliphatic rings. The van der Waals surface area contributed by atoms with Gasteiger partial charge in [-0.15, -0.1) is 0 Å². The molecule has 3 aromatic carbocycles. The number of sulfonamides is 1. The van der Waals surface area contributed by atoms with Crippen molar-refractivity contribution >= 4 is 39.1 Å². The predicted octanol–water partition coefficient (Wildman–Crippen LogP) is 5.98. The van der Waals surface area contributed by atoms with E-state index in [0.717, 1.165) is 49.5 Å². The molecule has 1 saturated carbocycles. The Morgan fingerprint density at radius 2 is 1.61 bits per heavy atom. The highest BCUT2D eigenvalue weighted by atomic mass is 35.5. The lowest BCUT2D eigenvalue weighted by atomic mass is 9.94. The number of carbonyl (C=O) groups excluding carboxylic acids is 2. The largest absolute Gasteiger partial charge is 0.497 e. The quantitative estimate of drug-likeness (QED) is 0.234. The first-order valence-electron chi connectivity index (χ1n) is 15.1. The minimum Gasteiger partial charge on any atom is -0.497 e. The molecule has 3 aromatic rings. The lowest BCUT2D eigenvalue weighted by Gasteiger charge is -2.34. The highest BCUT2D eigenvalue weighted by molar-refractivity contribution is 7.92. The normalized spacial score (nSPS) is 14.4. The SMILES string of the molecule is COc1ccc(N(CCCC(=O)N(Cc2ccccc2Cl)C(Cc2ccccc2)C(=O)NC2CCCCC2)S(C)(=O)=O)cc1. The molecule has 0 radical (unpaired) electrons. The van der Waals surface area contributed by atoms with E-state index in [1.54, 1.807) is 42.3 Å². The molecular formula is C34H42ClN3O5S. The molecule has 236 valence electrons. The molecule has 4 rings (SSSR count). The fourth-order valence-electron chi connectivity index (χ4n) is 5.66. The van der Waals surface area contributed by atoms with Crippen molar-refractivity contribution in [3.8, 4) is 5.75 Å². The van der Waals surface area contributed by atoms with Crippen molar-refractivity contribution in [1.29, 1.82) is 0 Å². The molecule has 0 heterocycles. The molecule has 2 amide bonds. The molecule has 0 aliphatic heterocycles. The number of rotatable bonds is 14. The zero-order valence-electron chi connectivity index (χ0n) is 25.5. The van der Waals surface area contributed by atoms with Crippen LogP contribution in [-0.4, -0.2) is 57.1 Å². The van der Waals surface area contributed by atoms with Crippen LogP contribution in [-0.2, 0) is 32.6 Å². The molecule has 0 saturated heterocycles. The fraction of sp³-hybridized carbons (Fsp3) is 0.412. The van der Waals surface area contributed by atoms with E-state index in [9.17, 15) is 18.0 Å². The standard InChI is InChI=1S/C34H42ClN3O5S/c1-43-30-21-19-29(20-22-30)38(44(2,41)42)23-11-18-33(39)37(25-27-14-9-10-17-31(27)35)32(24-26-12-5-3-6-13-26)34(40)36-28-15-7-4-8-16-28/h3,5-6,9-10,12-14,17,19-22,28,32H,4,7-8,11,15-16,18,23-25H2,1-2H3,(H,36,40). The molecule has 1 unspecified atom stereocenters. The van der Waals surface area contributed by atoms with Gasteiger partial charge in [0.2, 0.25) is 21.8 Å². The van der Waals surface area contributed by atoms with Crippen molar-refractivity contribution in [1.82, 2.24) is 10.2 Å². The third-order valence-corrected chi connectivity index (χ3v) is 9.60. The lowest BCUT2D eigenvalue weighted by Crippen LogP contribution is -2.53. The topological polar surface area (TPSA) is 96.0 Å². The summed E-state index contributed by atoms with van der Waals surface area (Å²) in [6, 6.07) is 23.1. The van der Waals surface area contributed by atoms with Gasteiger partial charge < -0.3 is 15.0 Å². The summed E-state index contributed by atoms with van der Waals surface area (Å²) >= 11 is 6.54. The van der Waals surface area contributed by atoms with E-state index in [-0.39, 0.29) is 43.8 Å². The Balaban J connectivity index is 1.58. The average Bonchev–Trinajstić information content (AvgIpc) is 3.02. The van der Waals surface area contributed by atoms with Crippen molar-refractivity contribution in [2.24, 2.45) is 0 Å². The summed E-state index contributed by atoms with van der Waals surface area (Å²) in [6.07, 6.45) is 6.96. The summed E-state index contributed by atoms with van der Waals surface area (Å²) in [5.74, 6) is 0.188. The zero-order chi connectivity index (χ0) is 31.5. The molecule has 0 aromatic heterocycles. The van der Waals surface area contributed by atoms with Crippen LogP contribution in [0.2, 0.25) is 5.02 Å². The van der Waals surface area contributed by atoms with Crippen LogP contribution < -0.4 is 14.4 Å². The van der Waals surface area contributed by atoms with Crippen LogP contribution in [0.4, 0.5) is 5.69 Å². The van der Waals surface area contributed by atoms with Crippen molar-refractivity contribution in [2.75, 3.05) is 24.2 Å². The van der Waals surface area contributed by atoms with Crippen LogP contribution in [0.5, 0.6) is 5.75 Å². The molecular weight excluding hydrogens is 598 g/mol. The van der Waals surface area contributed by atoms with Crippen LogP contribution in [0.3, 0.4) is 0 Å². The molecule has 8 nitrogen and oxygen atoms in total. The Morgan fingerprint density at radius 1 is 0.955 bits per heavy atom. The Labute approximate surface area is 266 Å². The van der Waals surface area contributed by atoms with Gasteiger partial charge in [0.05, 0.1) is 19.1 Å². The maximum absolute atomic E-state index is 14.1. The number of halogens is 1. The Hall–Kier alpha value is -3.56. The van der Waals surface area contributed by atoms with Gasteiger partial charge in [0.15, 0.2) is 0 Å². The minimum absolute atomic E-state index is 0.0502. The first-order valence-corrected chi connectivity index (χ1v) is 17.4. The Bertz CT molecular complexity index is 1480. The van der Waals surface area contributed by atoms with Crippen molar-refractivity contribution in [3.63, 3.8) is 0 Å². The van der Waals surface area contributed by atoms with Gasteiger partial charge in [-0.25, -0.2) is 8.42 Å². The second-order valence-corrected chi connectivity index (χ2v) is 13.6. The summed E-state index contributed by atoms with van der Waals surface area (Å²) < 4.78 is 31.9. The molecule has 1 fully saturated rings. The highest BCUT2D eigenvalue weighted by Gasteiger charge is 2.32. The number of amides is 2. The Kier molecular flexibility index (Phi) is 12.1. The van der Waals surface area contributed by atoms with E-state index >= 15 is 0 Å². The smallest absolute Gasteiger partial charge is 0.243 e. The van der Waals surface area contributed by atoms with E-state index in [4.69, 9.17) is 16.3 Å². The van der Waals surface area contributed by atoms with E-state index in [2.05, 4.69) is 5.32 Å². The fourth-order valence-corrected chi connectivity index (χ4v) is 6.82. The number of nitrogens with zero attached hydrogens (tertiary/aromatic N) is 2. The number of nitrogens with one attached hydrogen (secondary N) is 1. The van der Waals surface area contributed by atoms with Crippen LogP contribution in [0.25, 0.3) is 0 Å². The first kappa shape index (κ1) is 33.3. The molecule has 10 heteroatoms. The number of benzene rings is 3. The summed E-state index contributed by atoms with van der Waals surface area (Å²) in [7, 11) is -2.07. The monoisotopic (exact) mass is 639 g/mol. The van der Waals surface area contributed by atoms with Crippen molar-refractivity contribution in [2.45, 2.75) is 70.0 Å². The molecule has 0 bridgehead atoms. The summed E-state index contributed by atoms with van der Waals surface area (Å²) in [4.78, 5) is 29.6. The Morgan fingerprint density at radius 3 is 2.25 bits per heavy atom. The number of ether oxygens (including phenoxy) is 1. The number of methoxy groups -OCH3 is 1. The van der Waals surface area contributed by atoms with Crippen LogP contribution in [0, 0.1) is 0 Å². The van der Waals surface area contributed by atoms with E-state index in [1.807, 2.05) is 48.5 Å². The van der Waals surface area contributed by atoms with Crippen LogP contribution >= 0.6 is 11.6 Å². The van der Waals surface area contributed by atoms with Crippen molar-refractivity contribution in [3.05, 3.63) is 95.0 Å². The maximum atomic E-state index is 14.1. The third kappa shape index (κ3) is 9.47. The first-order chi connectivity index (χ1) is 21.2. The van der Waals surface area contributed by atoms with Gasteiger partial charge in [-0.05, 0) is 60.7 Å². The molecule has 1 aliphatic carbocycles. The number of hydrogen-bond donors (Lipinski definition) is 1. The van der Waals surface area contributed by atoms with Gasteiger partial charge in [0.1, 0.15) is 11.8 Å². The third-order valence-electron chi connectivity index (χ3n) is 8.03. The van der Waals surface area contributed by atoms with Gasteiger partial charge in [-0.3, -0.25) is 13.9 Å². The minimum atomic E-state index is -3.61. The van der Waals surface area contributed by atoms with E-state index in [1.165, 1.54) is 4.31 Å². The zero-order valence-corrected chi connectivity index (χ0v) is 27.0. The number of anilines is 1. The van der Waals surface area contributed by atoms with Gasteiger partial charge in [-0.1, -0.05) is 79.4 Å². The molecule has 1 N–H and O–H groups in total.